The number of nitrogens with one attached hydrogen (secondary N) is 1. The average molecular weight is 420 g/mol. The molecule has 30 heavy (non-hydrogen) atoms. The van der Waals surface area contributed by atoms with Crippen LogP contribution in [0, 0.1) is 11.3 Å². The van der Waals surface area contributed by atoms with Crippen molar-refractivity contribution in [2.75, 3.05) is 0 Å². The second kappa shape index (κ2) is 8.10. The number of fused-ring (bicyclic) bond motifs is 3. The van der Waals surface area contributed by atoms with Crippen molar-refractivity contribution in [3.05, 3.63) is 70.3 Å². The number of hydrogen-bond acceptors (Lipinski definition) is 5. The van der Waals surface area contributed by atoms with Gasteiger partial charge in [-0.2, -0.15) is 5.26 Å². The van der Waals surface area contributed by atoms with Crippen LogP contribution >= 0.6 is 11.6 Å². The monoisotopic (exact) mass is 419 g/mol. The molecule has 152 valence electrons. The predicted molar refractivity (Wildman–Crippen MR) is 114 cm³/mol. The Balaban J connectivity index is 1.35. The lowest BCUT2D eigenvalue weighted by Gasteiger charge is -2.29. The third-order valence-electron chi connectivity index (χ3n) is 5.98. The molecule has 0 unspecified atom stereocenters. The molecular weight excluding hydrogens is 398 g/mol. The molecule has 0 atom stereocenters. The Bertz CT molecular complexity index is 1110. The first-order valence-electron chi connectivity index (χ1n) is 10.3. The van der Waals surface area contributed by atoms with Gasteiger partial charge in [-0.25, -0.2) is 0 Å². The smallest absolute Gasteiger partial charge is 0.151 e. The lowest BCUT2D eigenvalue weighted by molar-refractivity contribution is 0.144. The maximum absolute atomic E-state index is 9.29. The molecule has 3 aromatic rings. The first kappa shape index (κ1) is 19.1. The van der Waals surface area contributed by atoms with Crippen LogP contribution in [0.2, 0.25) is 5.02 Å². The van der Waals surface area contributed by atoms with Crippen LogP contribution in [0.3, 0.4) is 0 Å². The van der Waals surface area contributed by atoms with Crippen LogP contribution < -0.4 is 10.1 Å². The van der Waals surface area contributed by atoms with E-state index in [0.29, 0.717) is 23.8 Å². The highest BCUT2D eigenvalue weighted by atomic mass is 35.5. The molecule has 0 saturated heterocycles. The minimum atomic E-state index is 0.120. The maximum atomic E-state index is 9.29. The lowest BCUT2D eigenvalue weighted by Crippen LogP contribution is -2.25. The highest BCUT2D eigenvalue weighted by molar-refractivity contribution is 6.30. The third kappa shape index (κ3) is 3.55. The summed E-state index contributed by atoms with van der Waals surface area (Å²) >= 11 is 6.22. The molecule has 7 heteroatoms. The van der Waals surface area contributed by atoms with Gasteiger partial charge in [-0.3, -0.25) is 4.57 Å². The SMILES string of the molecule is N#Cc1ccccc1O[C@H]1CC[C@H](c2nnc3n2-c2ccc(Cl)cc2CNC3)CC1. The summed E-state index contributed by atoms with van der Waals surface area (Å²) < 4.78 is 8.37. The molecule has 1 aromatic heterocycles. The number of nitrogens with zero attached hydrogens (tertiary/aromatic N) is 4. The van der Waals surface area contributed by atoms with Crippen molar-refractivity contribution in [2.45, 2.75) is 50.8 Å². The van der Waals surface area contributed by atoms with E-state index >= 15 is 0 Å². The Morgan fingerprint density at radius 3 is 2.73 bits per heavy atom. The molecule has 6 nitrogen and oxygen atoms in total. The van der Waals surface area contributed by atoms with Crippen LogP contribution in [0.5, 0.6) is 5.75 Å². The van der Waals surface area contributed by atoms with Crippen LogP contribution in [0.25, 0.3) is 5.69 Å². The van der Waals surface area contributed by atoms with E-state index in [1.165, 1.54) is 0 Å². The Morgan fingerprint density at radius 2 is 1.90 bits per heavy atom. The molecule has 0 spiro atoms. The molecular formula is C23H22ClN5O. The van der Waals surface area contributed by atoms with Crippen molar-refractivity contribution in [3.63, 3.8) is 0 Å². The van der Waals surface area contributed by atoms with Crippen molar-refractivity contribution < 1.29 is 4.74 Å². The van der Waals surface area contributed by atoms with Crippen molar-refractivity contribution in [3.8, 4) is 17.5 Å². The summed E-state index contributed by atoms with van der Waals surface area (Å²) in [5.74, 6) is 2.97. The van der Waals surface area contributed by atoms with Gasteiger partial charge < -0.3 is 10.1 Å². The molecule has 2 aromatic carbocycles. The number of aromatic nitrogens is 3. The number of para-hydroxylation sites is 1. The van der Waals surface area contributed by atoms with Gasteiger partial charge in [-0.05, 0) is 61.6 Å². The number of ether oxygens (including phenoxy) is 1. The van der Waals surface area contributed by atoms with Crippen molar-refractivity contribution in [2.24, 2.45) is 0 Å². The third-order valence-corrected chi connectivity index (χ3v) is 6.21. The summed E-state index contributed by atoms with van der Waals surface area (Å²) in [6, 6.07) is 15.7. The quantitative estimate of drug-likeness (QED) is 0.676. The number of benzene rings is 2. The van der Waals surface area contributed by atoms with Gasteiger partial charge in [-0.1, -0.05) is 23.7 Å². The molecule has 1 N–H and O–H groups in total. The molecule has 1 aliphatic heterocycles. The molecule has 5 rings (SSSR count). The van der Waals surface area contributed by atoms with Gasteiger partial charge in [0.05, 0.1) is 23.9 Å². The number of rotatable bonds is 3. The molecule has 2 aliphatic rings. The molecule has 0 amide bonds. The molecule has 0 bridgehead atoms. The summed E-state index contributed by atoms with van der Waals surface area (Å²) in [6.07, 6.45) is 3.94. The molecule has 1 saturated carbocycles. The molecule has 0 radical (unpaired) electrons. The van der Waals surface area contributed by atoms with Crippen LogP contribution in [0.4, 0.5) is 0 Å². The van der Waals surface area contributed by atoms with E-state index < -0.39 is 0 Å². The fourth-order valence-electron chi connectivity index (χ4n) is 4.47. The second-order valence-corrected chi connectivity index (χ2v) is 8.32. The van der Waals surface area contributed by atoms with E-state index in [-0.39, 0.29) is 6.10 Å². The normalized spacial score (nSPS) is 20.5. The Labute approximate surface area is 180 Å². The summed E-state index contributed by atoms with van der Waals surface area (Å²) in [5.41, 5.74) is 2.86. The van der Waals surface area contributed by atoms with Gasteiger partial charge in [0.1, 0.15) is 17.6 Å². The molecule has 1 aliphatic carbocycles. The predicted octanol–water partition coefficient (Wildman–Crippen LogP) is 4.50. The summed E-state index contributed by atoms with van der Waals surface area (Å²) in [6.45, 7) is 1.44. The summed E-state index contributed by atoms with van der Waals surface area (Å²) in [4.78, 5) is 0. The molecule has 2 heterocycles. The standard InChI is InChI=1S/C23H22ClN5O/c24-18-7-10-20-17(11-18)13-26-14-22-27-28-23(29(20)22)15-5-8-19(9-6-15)30-21-4-2-1-3-16(21)12-25/h1-4,7,10-11,15,19,26H,5-6,8-9,13-14H2/t15-,19-. The number of hydrogen-bond donors (Lipinski definition) is 1. The fourth-order valence-corrected chi connectivity index (χ4v) is 4.67. The minimum Gasteiger partial charge on any atom is -0.489 e. The van der Waals surface area contributed by atoms with E-state index in [0.717, 1.165) is 60.2 Å². The fraction of sp³-hybridized carbons (Fsp3) is 0.348. The van der Waals surface area contributed by atoms with Crippen LogP contribution in [0.15, 0.2) is 42.5 Å². The van der Waals surface area contributed by atoms with E-state index in [9.17, 15) is 5.26 Å². The van der Waals surface area contributed by atoms with Crippen LogP contribution in [-0.2, 0) is 13.1 Å². The van der Waals surface area contributed by atoms with Crippen LogP contribution in [0.1, 0.15) is 54.4 Å². The van der Waals surface area contributed by atoms with Gasteiger partial charge in [-0.15, -0.1) is 10.2 Å². The maximum Gasteiger partial charge on any atom is 0.151 e. The van der Waals surface area contributed by atoms with Crippen molar-refractivity contribution in [1.82, 2.24) is 20.1 Å². The zero-order chi connectivity index (χ0) is 20.5. The van der Waals surface area contributed by atoms with E-state index in [1.807, 2.05) is 30.3 Å². The van der Waals surface area contributed by atoms with E-state index in [4.69, 9.17) is 16.3 Å². The number of nitriles is 1. The lowest BCUT2D eigenvalue weighted by atomic mass is 9.86. The zero-order valence-corrected chi connectivity index (χ0v) is 17.3. The highest BCUT2D eigenvalue weighted by Gasteiger charge is 2.30. The van der Waals surface area contributed by atoms with Crippen molar-refractivity contribution in [1.29, 1.82) is 5.26 Å². The second-order valence-electron chi connectivity index (χ2n) is 7.89. The largest absolute Gasteiger partial charge is 0.489 e. The Hall–Kier alpha value is -2.88. The van der Waals surface area contributed by atoms with Crippen LogP contribution in [-0.4, -0.2) is 20.9 Å². The minimum absolute atomic E-state index is 0.120. The zero-order valence-electron chi connectivity index (χ0n) is 16.5. The van der Waals surface area contributed by atoms with E-state index in [2.05, 4.69) is 32.2 Å². The molecule has 1 fully saturated rings. The number of halogens is 1. The van der Waals surface area contributed by atoms with E-state index in [1.54, 1.807) is 6.07 Å². The Kier molecular flexibility index (Phi) is 5.16. The topological polar surface area (TPSA) is 75.8 Å². The van der Waals surface area contributed by atoms with Gasteiger partial charge in [0.25, 0.3) is 0 Å². The van der Waals surface area contributed by atoms with Gasteiger partial charge in [0.15, 0.2) is 5.82 Å². The summed E-state index contributed by atoms with van der Waals surface area (Å²) in [7, 11) is 0. The van der Waals surface area contributed by atoms with Crippen molar-refractivity contribution >= 4 is 11.6 Å². The Morgan fingerprint density at radius 1 is 1.07 bits per heavy atom. The first-order valence-corrected chi connectivity index (χ1v) is 10.7. The van der Waals surface area contributed by atoms with Gasteiger partial charge >= 0.3 is 0 Å². The average Bonchev–Trinajstić information content (AvgIpc) is 3.10. The first-order chi connectivity index (χ1) is 14.7. The summed E-state index contributed by atoms with van der Waals surface area (Å²) in [5, 5.41) is 22.5. The van der Waals surface area contributed by atoms with Gasteiger partial charge in [0.2, 0.25) is 0 Å². The highest BCUT2D eigenvalue weighted by Crippen LogP contribution is 2.36. The van der Waals surface area contributed by atoms with Gasteiger partial charge in [0, 0.05) is 17.5 Å².